The van der Waals surface area contributed by atoms with Crippen LogP contribution in [0.3, 0.4) is 0 Å². The lowest BCUT2D eigenvalue weighted by Gasteiger charge is -2.08. The van der Waals surface area contributed by atoms with Crippen LogP contribution in [-0.2, 0) is 0 Å². The third-order valence-electron chi connectivity index (χ3n) is 12.1. The Bertz CT molecular complexity index is 4510. The number of rotatable bonds is 5. The Labute approximate surface area is 517 Å². The fraction of sp³-hybridized carbons (Fsp3) is 0. The van der Waals surface area contributed by atoms with Crippen LogP contribution in [0.5, 0.6) is 0 Å². The summed E-state index contributed by atoms with van der Waals surface area (Å²) in [5.41, 5.74) is 8.77. The highest BCUT2D eigenvalue weighted by Crippen LogP contribution is 2.43. The molecule has 398 valence electrons. The van der Waals surface area contributed by atoms with Gasteiger partial charge in [-0.2, -0.15) is 0 Å². The van der Waals surface area contributed by atoms with Gasteiger partial charge in [0.05, 0.1) is 42.0 Å². The quantitative estimate of drug-likeness (QED) is 0.0743. The van der Waals surface area contributed by atoms with Gasteiger partial charge >= 0.3 is 14.2 Å². The van der Waals surface area contributed by atoms with Crippen molar-refractivity contribution in [1.29, 1.82) is 0 Å². The SMILES string of the molecule is Brc1ccccc1-c1nc(-c2ccccc2)nc2c1sc1ccccc12.Clc1nc(-c2ccccc2Br)c2sc3ccccc3c2n1.Clc1nc(Cl)c2sc3ccccc3c2n1.OB(O)c1ccccc1.OB(O)c1ccccc1Br. The minimum atomic E-state index is -1.39. The van der Waals surface area contributed by atoms with Gasteiger partial charge in [0.25, 0.3) is 0 Å². The number of thiophene rings is 3. The van der Waals surface area contributed by atoms with Crippen LogP contribution in [0.15, 0.2) is 220 Å². The fourth-order valence-corrected chi connectivity index (χ4v) is 13.8. The first-order valence-corrected chi connectivity index (χ1v) is 30.4. The first-order valence-electron chi connectivity index (χ1n) is 24.4. The molecule has 0 amide bonds. The standard InChI is InChI=1S/C22H13BrN2S.C16H8BrClN2S.C10H4Cl2N2S.C6H6BBrO2.C6H7BO2/c23-17-12-6-4-10-15(17)19-21-20(16-11-5-7-13-18(16)26-21)25-22(24-19)14-8-2-1-3-9-14;17-11-7-3-1-5-9(11)13-15-14(20-16(18)19-13)10-6-2-4-8-12(10)21-15;11-9-8-7(13-10(12)14-9)5-3-1-2-4-6(5)15-8;8-6-4-2-1-3-5(6)7(9)10;8-7(9)6-4-2-1-3-5-6/h1-13H;1-8H;1-4H;1-4,9-10H;1-5,8-9H. The minimum Gasteiger partial charge on any atom is -0.423 e. The Morgan fingerprint density at radius 1 is 0.358 bits per heavy atom. The molecular formula is C60H38B2Br3Cl3N6O4S3. The van der Waals surface area contributed by atoms with E-state index in [1.807, 2.05) is 103 Å². The molecule has 0 fully saturated rings. The van der Waals surface area contributed by atoms with Crippen molar-refractivity contribution in [2.75, 3.05) is 0 Å². The van der Waals surface area contributed by atoms with E-state index in [4.69, 9.17) is 64.9 Å². The van der Waals surface area contributed by atoms with Gasteiger partial charge in [-0.3, -0.25) is 0 Å². The molecule has 0 spiro atoms. The van der Waals surface area contributed by atoms with Crippen LogP contribution in [0.1, 0.15) is 0 Å². The predicted octanol–water partition coefficient (Wildman–Crippen LogP) is 16.5. The molecule has 14 aromatic rings. The largest absolute Gasteiger partial charge is 0.489 e. The number of hydrogen-bond donors (Lipinski definition) is 4. The number of benzene rings is 8. The van der Waals surface area contributed by atoms with Gasteiger partial charge in [0.2, 0.25) is 10.6 Å². The van der Waals surface area contributed by atoms with E-state index in [1.165, 1.54) is 14.8 Å². The maximum atomic E-state index is 8.73. The molecular weight excluding hydrogens is 1330 g/mol. The smallest absolute Gasteiger partial charge is 0.423 e. The average molecular weight is 1370 g/mol. The highest BCUT2D eigenvalue weighted by molar-refractivity contribution is 9.11. The molecule has 0 aliphatic rings. The van der Waals surface area contributed by atoms with E-state index in [0.717, 1.165) is 89.0 Å². The van der Waals surface area contributed by atoms with E-state index in [2.05, 4.69) is 128 Å². The Hall–Kier alpha value is -6.06. The fourth-order valence-electron chi connectivity index (χ4n) is 8.38. The van der Waals surface area contributed by atoms with Crippen LogP contribution in [0.2, 0.25) is 15.7 Å². The molecule has 21 heteroatoms. The van der Waals surface area contributed by atoms with E-state index in [9.17, 15) is 0 Å². The van der Waals surface area contributed by atoms with Gasteiger partial charge in [-0.1, -0.05) is 229 Å². The molecule has 0 unspecified atom stereocenters. The molecule has 0 aliphatic carbocycles. The molecule has 0 atom stereocenters. The van der Waals surface area contributed by atoms with Crippen LogP contribution in [0, 0.1) is 0 Å². The molecule has 10 nitrogen and oxygen atoms in total. The van der Waals surface area contributed by atoms with Crippen LogP contribution >= 0.6 is 117 Å². The summed E-state index contributed by atoms with van der Waals surface area (Å²) in [7, 11) is -2.73. The highest BCUT2D eigenvalue weighted by atomic mass is 79.9. The number of hydrogen-bond acceptors (Lipinski definition) is 13. The van der Waals surface area contributed by atoms with Crippen molar-refractivity contribution in [3.63, 3.8) is 0 Å². The van der Waals surface area contributed by atoms with Gasteiger partial charge in [-0.15, -0.1) is 34.0 Å². The molecule has 0 saturated heterocycles. The van der Waals surface area contributed by atoms with Crippen LogP contribution in [-0.4, -0.2) is 64.2 Å². The van der Waals surface area contributed by atoms with Crippen molar-refractivity contribution in [1.82, 2.24) is 29.9 Å². The second-order valence-corrected chi connectivity index (χ2v) is 24.1. The zero-order valence-corrected chi connectivity index (χ0v) is 51.2. The summed E-state index contributed by atoms with van der Waals surface area (Å²) in [6.45, 7) is 0. The molecule has 6 aromatic heterocycles. The Kier molecular flexibility index (Phi) is 19.3. The van der Waals surface area contributed by atoms with Crippen molar-refractivity contribution in [2.24, 2.45) is 0 Å². The Morgan fingerprint density at radius 3 is 1.22 bits per heavy atom. The van der Waals surface area contributed by atoms with Crippen molar-refractivity contribution >= 4 is 203 Å². The molecule has 0 aliphatic heterocycles. The number of aromatic nitrogens is 6. The Balaban J connectivity index is 0.000000120. The second-order valence-electron chi connectivity index (χ2n) is 17.4. The van der Waals surface area contributed by atoms with Gasteiger partial charge in [0, 0.05) is 60.4 Å². The van der Waals surface area contributed by atoms with Crippen LogP contribution < -0.4 is 10.9 Å². The summed E-state index contributed by atoms with van der Waals surface area (Å²) in [6.07, 6.45) is 0. The summed E-state index contributed by atoms with van der Waals surface area (Å²) >= 11 is 33.4. The molecule has 81 heavy (non-hydrogen) atoms. The van der Waals surface area contributed by atoms with Crippen molar-refractivity contribution in [3.8, 4) is 33.9 Å². The van der Waals surface area contributed by atoms with E-state index in [-0.39, 0.29) is 10.6 Å². The molecule has 0 radical (unpaired) electrons. The van der Waals surface area contributed by atoms with Crippen molar-refractivity contribution in [3.05, 3.63) is 235 Å². The highest BCUT2D eigenvalue weighted by Gasteiger charge is 2.19. The lowest BCUT2D eigenvalue weighted by Crippen LogP contribution is -2.30. The first-order chi connectivity index (χ1) is 39.3. The van der Waals surface area contributed by atoms with Crippen LogP contribution in [0.4, 0.5) is 0 Å². The molecule has 0 saturated carbocycles. The zero-order valence-electron chi connectivity index (χ0n) is 41.7. The molecule has 4 N–H and O–H groups in total. The lowest BCUT2D eigenvalue weighted by atomic mass is 9.80. The number of fused-ring (bicyclic) bond motifs is 9. The molecule has 14 rings (SSSR count). The third-order valence-corrected chi connectivity index (χ3v) is 18.5. The predicted molar refractivity (Wildman–Crippen MR) is 352 cm³/mol. The summed E-state index contributed by atoms with van der Waals surface area (Å²) in [5, 5.41) is 38.9. The van der Waals surface area contributed by atoms with E-state index in [1.54, 1.807) is 76.5 Å². The Morgan fingerprint density at radius 2 is 0.753 bits per heavy atom. The van der Waals surface area contributed by atoms with Gasteiger partial charge in [0.15, 0.2) is 11.0 Å². The monoisotopic (exact) mass is 1370 g/mol. The zero-order chi connectivity index (χ0) is 56.6. The molecule has 8 aromatic carbocycles. The number of nitrogens with zero attached hydrogens (tertiary/aromatic N) is 6. The molecule has 0 bridgehead atoms. The lowest BCUT2D eigenvalue weighted by molar-refractivity contribution is 0.424. The van der Waals surface area contributed by atoms with Gasteiger partial charge in [0.1, 0.15) is 0 Å². The maximum Gasteiger partial charge on any atom is 0.489 e. The van der Waals surface area contributed by atoms with Gasteiger partial charge < -0.3 is 20.1 Å². The van der Waals surface area contributed by atoms with Gasteiger partial charge in [-0.25, -0.2) is 29.9 Å². The second kappa shape index (κ2) is 26.9. The van der Waals surface area contributed by atoms with E-state index < -0.39 is 14.2 Å². The summed E-state index contributed by atoms with van der Waals surface area (Å²) in [5.74, 6) is 0.757. The summed E-state index contributed by atoms with van der Waals surface area (Å²) in [4.78, 5) is 26.9. The summed E-state index contributed by atoms with van der Waals surface area (Å²) in [6, 6.07) is 66.7. The summed E-state index contributed by atoms with van der Waals surface area (Å²) < 4.78 is 9.39. The average Bonchev–Trinajstić information content (AvgIpc) is 4.31. The van der Waals surface area contributed by atoms with Crippen molar-refractivity contribution < 1.29 is 20.1 Å². The maximum absolute atomic E-state index is 8.73. The first kappa shape index (κ1) is 58.1. The van der Waals surface area contributed by atoms with Gasteiger partial charge in [-0.05, 0) is 70.5 Å². The topological polar surface area (TPSA) is 158 Å². The third kappa shape index (κ3) is 13.6. The normalized spacial score (nSPS) is 10.8. The van der Waals surface area contributed by atoms with E-state index >= 15 is 0 Å². The number of halogens is 6. The minimum absolute atomic E-state index is 0.191. The van der Waals surface area contributed by atoms with Crippen molar-refractivity contribution in [2.45, 2.75) is 0 Å². The van der Waals surface area contributed by atoms with Crippen LogP contribution in [0.25, 0.3) is 94.8 Å². The van der Waals surface area contributed by atoms with E-state index in [0.29, 0.717) is 20.6 Å². The molecule has 6 heterocycles.